The Morgan fingerprint density at radius 3 is 2.95 bits per heavy atom. The van der Waals surface area contributed by atoms with Crippen molar-refractivity contribution in [3.8, 4) is 5.75 Å². The third-order valence-electron chi connectivity index (χ3n) is 2.40. The maximum absolute atomic E-state index is 10.9. The van der Waals surface area contributed by atoms with Crippen LogP contribution in [0, 0.1) is 0 Å². The molecule has 1 aromatic carbocycles. The average Bonchev–Trinajstić information content (AvgIpc) is 2.36. The molecule has 1 rings (SSSR count). The molecule has 0 radical (unpaired) electrons. The van der Waals surface area contributed by atoms with Crippen LogP contribution in [0.2, 0.25) is 0 Å². The molecule has 0 aliphatic rings. The second-order valence-electron chi connectivity index (χ2n) is 4.38. The number of aliphatic hydroxyl groups excluding tert-OH is 1. The predicted molar refractivity (Wildman–Crippen MR) is 75.4 cm³/mol. The fourth-order valence-corrected chi connectivity index (χ4v) is 1.56. The van der Waals surface area contributed by atoms with Gasteiger partial charge in [0, 0.05) is 25.2 Å². The highest BCUT2D eigenvalue weighted by Crippen LogP contribution is 2.17. The van der Waals surface area contributed by atoms with Gasteiger partial charge < -0.3 is 20.5 Å². The van der Waals surface area contributed by atoms with Crippen LogP contribution in [0.4, 0.5) is 5.69 Å². The second-order valence-corrected chi connectivity index (χ2v) is 4.38. The lowest BCUT2D eigenvalue weighted by molar-refractivity contribution is -0.114. The van der Waals surface area contributed by atoms with E-state index in [4.69, 9.17) is 4.74 Å². The Balaban J connectivity index is 2.37. The molecule has 0 heterocycles. The number of aliphatic hydroxyl groups is 1. The van der Waals surface area contributed by atoms with E-state index in [0.29, 0.717) is 18.0 Å². The number of anilines is 1. The highest BCUT2D eigenvalue weighted by Gasteiger charge is 2.05. The Hall–Kier alpha value is -1.59. The van der Waals surface area contributed by atoms with E-state index >= 15 is 0 Å². The molecular formula is C14H22N2O3. The van der Waals surface area contributed by atoms with Gasteiger partial charge in [-0.25, -0.2) is 0 Å². The van der Waals surface area contributed by atoms with E-state index in [1.165, 1.54) is 6.92 Å². The van der Waals surface area contributed by atoms with Gasteiger partial charge in [0.2, 0.25) is 5.91 Å². The summed E-state index contributed by atoms with van der Waals surface area (Å²) in [5.41, 5.74) is 0.684. The smallest absolute Gasteiger partial charge is 0.221 e. The van der Waals surface area contributed by atoms with Gasteiger partial charge >= 0.3 is 0 Å². The Kier molecular flexibility index (Phi) is 6.92. The van der Waals surface area contributed by atoms with Crippen LogP contribution in [0.5, 0.6) is 5.75 Å². The van der Waals surface area contributed by atoms with Crippen molar-refractivity contribution in [2.24, 2.45) is 0 Å². The minimum absolute atomic E-state index is 0.124. The van der Waals surface area contributed by atoms with Crippen molar-refractivity contribution in [3.05, 3.63) is 24.3 Å². The first-order valence-electron chi connectivity index (χ1n) is 6.51. The number of benzene rings is 1. The lowest BCUT2D eigenvalue weighted by atomic mass is 10.3. The van der Waals surface area contributed by atoms with Crippen LogP contribution >= 0.6 is 0 Å². The van der Waals surface area contributed by atoms with Crippen LogP contribution < -0.4 is 15.4 Å². The number of hydrogen-bond acceptors (Lipinski definition) is 4. The SMILES string of the molecule is CCCNCC(O)COc1cccc(NC(C)=O)c1. The normalized spacial score (nSPS) is 11.9. The molecule has 0 aliphatic carbocycles. The summed E-state index contributed by atoms with van der Waals surface area (Å²) in [5, 5.41) is 15.5. The molecule has 0 saturated carbocycles. The molecule has 1 atom stereocenters. The first kappa shape index (κ1) is 15.5. The van der Waals surface area contributed by atoms with Gasteiger partial charge in [0.15, 0.2) is 0 Å². The Morgan fingerprint density at radius 2 is 2.26 bits per heavy atom. The molecule has 0 bridgehead atoms. The fourth-order valence-electron chi connectivity index (χ4n) is 1.56. The number of amides is 1. The molecule has 0 aliphatic heterocycles. The zero-order valence-electron chi connectivity index (χ0n) is 11.5. The zero-order chi connectivity index (χ0) is 14.1. The third kappa shape index (κ3) is 6.79. The molecule has 1 aromatic rings. The number of ether oxygens (including phenoxy) is 1. The molecule has 106 valence electrons. The van der Waals surface area contributed by atoms with Gasteiger partial charge in [-0.2, -0.15) is 0 Å². The molecule has 19 heavy (non-hydrogen) atoms. The van der Waals surface area contributed by atoms with Crippen molar-refractivity contribution in [2.75, 3.05) is 25.0 Å². The van der Waals surface area contributed by atoms with Crippen LogP contribution in [0.15, 0.2) is 24.3 Å². The standard InChI is InChI=1S/C14H22N2O3/c1-3-7-15-9-13(18)10-19-14-6-4-5-12(8-14)16-11(2)17/h4-6,8,13,15,18H,3,7,9-10H2,1-2H3,(H,16,17). The summed E-state index contributed by atoms with van der Waals surface area (Å²) in [7, 11) is 0. The third-order valence-corrected chi connectivity index (χ3v) is 2.40. The topological polar surface area (TPSA) is 70.6 Å². The van der Waals surface area contributed by atoms with Crippen molar-refractivity contribution >= 4 is 11.6 Å². The van der Waals surface area contributed by atoms with E-state index in [2.05, 4.69) is 17.6 Å². The summed E-state index contributed by atoms with van der Waals surface area (Å²) >= 11 is 0. The maximum Gasteiger partial charge on any atom is 0.221 e. The minimum atomic E-state index is -0.545. The Labute approximate surface area is 114 Å². The van der Waals surface area contributed by atoms with Crippen LogP contribution in [0.25, 0.3) is 0 Å². The van der Waals surface area contributed by atoms with Crippen molar-refractivity contribution in [1.29, 1.82) is 0 Å². The lowest BCUT2D eigenvalue weighted by Gasteiger charge is -2.13. The monoisotopic (exact) mass is 266 g/mol. The van der Waals surface area contributed by atoms with E-state index in [-0.39, 0.29) is 12.5 Å². The molecule has 3 N–H and O–H groups in total. The van der Waals surface area contributed by atoms with Crippen molar-refractivity contribution in [3.63, 3.8) is 0 Å². The first-order valence-corrected chi connectivity index (χ1v) is 6.51. The number of hydrogen-bond donors (Lipinski definition) is 3. The Morgan fingerprint density at radius 1 is 1.47 bits per heavy atom. The number of rotatable bonds is 8. The molecule has 0 saturated heterocycles. The summed E-state index contributed by atoms with van der Waals surface area (Å²) in [5.74, 6) is 0.502. The predicted octanol–water partition coefficient (Wildman–Crippen LogP) is 1.38. The van der Waals surface area contributed by atoms with Gasteiger partial charge in [0.05, 0.1) is 0 Å². The van der Waals surface area contributed by atoms with Crippen LogP contribution in [0.3, 0.4) is 0 Å². The van der Waals surface area contributed by atoms with Crippen LogP contribution in [-0.4, -0.2) is 36.8 Å². The summed E-state index contributed by atoms with van der Waals surface area (Å²) in [6.07, 6.45) is 0.489. The fraction of sp³-hybridized carbons (Fsp3) is 0.500. The summed E-state index contributed by atoms with van der Waals surface area (Å²) in [6.45, 7) is 5.15. The number of carbonyl (C=O) groups is 1. The van der Waals surface area contributed by atoms with Gasteiger partial charge in [-0.3, -0.25) is 4.79 Å². The highest BCUT2D eigenvalue weighted by atomic mass is 16.5. The summed E-state index contributed by atoms with van der Waals surface area (Å²) in [4.78, 5) is 10.9. The molecular weight excluding hydrogens is 244 g/mol. The Bertz CT molecular complexity index is 396. The van der Waals surface area contributed by atoms with E-state index < -0.39 is 6.10 Å². The highest BCUT2D eigenvalue weighted by molar-refractivity contribution is 5.88. The van der Waals surface area contributed by atoms with Gasteiger partial charge in [-0.05, 0) is 25.1 Å². The van der Waals surface area contributed by atoms with Crippen molar-refractivity contribution in [2.45, 2.75) is 26.4 Å². The number of nitrogens with one attached hydrogen (secondary N) is 2. The van der Waals surface area contributed by atoms with Gasteiger partial charge in [0.1, 0.15) is 18.5 Å². The van der Waals surface area contributed by atoms with E-state index in [1.54, 1.807) is 24.3 Å². The number of carbonyl (C=O) groups excluding carboxylic acids is 1. The molecule has 0 fully saturated rings. The maximum atomic E-state index is 10.9. The largest absolute Gasteiger partial charge is 0.491 e. The van der Waals surface area contributed by atoms with Gasteiger partial charge in [0.25, 0.3) is 0 Å². The first-order chi connectivity index (χ1) is 9.11. The van der Waals surface area contributed by atoms with E-state index in [1.807, 2.05) is 0 Å². The van der Waals surface area contributed by atoms with Gasteiger partial charge in [-0.15, -0.1) is 0 Å². The zero-order valence-corrected chi connectivity index (χ0v) is 11.5. The van der Waals surface area contributed by atoms with Crippen molar-refractivity contribution in [1.82, 2.24) is 5.32 Å². The summed E-state index contributed by atoms with van der Waals surface area (Å²) in [6, 6.07) is 7.10. The van der Waals surface area contributed by atoms with E-state index in [9.17, 15) is 9.90 Å². The van der Waals surface area contributed by atoms with Crippen molar-refractivity contribution < 1.29 is 14.6 Å². The molecule has 1 amide bonds. The van der Waals surface area contributed by atoms with E-state index in [0.717, 1.165) is 13.0 Å². The molecule has 5 nitrogen and oxygen atoms in total. The summed E-state index contributed by atoms with van der Waals surface area (Å²) < 4.78 is 5.48. The lowest BCUT2D eigenvalue weighted by Crippen LogP contribution is -2.31. The average molecular weight is 266 g/mol. The molecule has 0 spiro atoms. The quantitative estimate of drug-likeness (QED) is 0.622. The molecule has 5 heteroatoms. The molecule has 1 unspecified atom stereocenters. The van der Waals surface area contributed by atoms with Gasteiger partial charge in [-0.1, -0.05) is 13.0 Å². The van der Waals surface area contributed by atoms with Crippen LogP contribution in [-0.2, 0) is 4.79 Å². The second kappa shape index (κ2) is 8.50. The molecule has 0 aromatic heterocycles. The van der Waals surface area contributed by atoms with Crippen LogP contribution in [0.1, 0.15) is 20.3 Å². The minimum Gasteiger partial charge on any atom is -0.491 e.